The lowest BCUT2D eigenvalue weighted by molar-refractivity contribution is -0.233. The summed E-state index contributed by atoms with van der Waals surface area (Å²) in [7, 11) is 0. The maximum atomic E-state index is 5.99. The number of ether oxygens (including phenoxy) is 6. The van der Waals surface area contributed by atoms with Gasteiger partial charge in [-0.15, -0.1) is 0 Å². The summed E-state index contributed by atoms with van der Waals surface area (Å²) in [5.74, 6) is -0.676. The molecule has 3 rings (SSSR count). The average molecular weight is 300 g/mol. The van der Waals surface area contributed by atoms with Gasteiger partial charge in [-0.3, -0.25) is 0 Å². The van der Waals surface area contributed by atoms with Crippen LogP contribution in [0, 0.1) is 0 Å². The molecule has 6 heteroatoms. The summed E-state index contributed by atoms with van der Waals surface area (Å²) in [6, 6.07) is 0. The lowest BCUT2D eigenvalue weighted by atomic mass is 10.1. The Bertz CT molecular complexity index is 432. The molecule has 0 aromatic carbocycles. The molecule has 3 aliphatic rings. The zero-order valence-corrected chi connectivity index (χ0v) is 13.3. The molecule has 3 heterocycles. The van der Waals surface area contributed by atoms with Crippen molar-refractivity contribution in [1.29, 1.82) is 0 Å². The van der Waals surface area contributed by atoms with Crippen LogP contribution in [0.3, 0.4) is 0 Å². The molecule has 0 amide bonds. The lowest BCUT2D eigenvalue weighted by Gasteiger charge is -2.29. The van der Waals surface area contributed by atoms with E-state index >= 15 is 0 Å². The van der Waals surface area contributed by atoms with E-state index in [0.29, 0.717) is 12.4 Å². The third-order valence-corrected chi connectivity index (χ3v) is 3.76. The first-order valence-corrected chi connectivity index (χ1v) is 7.32. The maximum absolute atomic E-state index is 5.99. The van der Waals surface area contributed by atoms with E-state index < -0.39 is 17.9 Å². The van der Waals surface area contributed by atoms with E-state index in [1.54, 1.807) is 6.92 Å². The first-order valence-electron chi connectivity index (χ1n) is 7.32. The largest absolute Gasteiger partial charge is 0.490 e. The highest BCUT2D eigenvalue weighted by Crippen LogP contribution is 2.42. The minimum absolute atomic E-state index is 0.217. The van der Waals surface area contributed by atoms with Crippen molar-refractivity contribution >= 4 is 0 Å². The van der Waals surface area contributed by atoms with Gasteiger partial charge in [-0.1, -0.05) is 6.58 Å². The lowest BCUT2D eigenvalue weighted by Crippen LogP contribution is -2.43. The van der Waals surface area contributed by atoms with Crippen LogP contribution >= 0.6 is 0 Å². The molecule has 0 aliphatic carbocycles. The van der Waals surface area contributed by atoms with Gasteiger partial charge >= 0.3 is 0 Å². The van der Waals surface area contributed by atoms with Crippen LogP contribution in [0.4, 0.5) is 0 Å². The molecule has 3 saturated heterocycles. The van der Waals surface area contributed by atoms with Crippen LogP contribution in [0.5, 0.6) is 0 Å². The predicted octanol–water partition coefficient (Wildman–Crippen LogP) is 1.93. The molecular formula is C15H24O6. The Morgan fingerprint density at radius 2 is 1.76 bits per heavy atom. The van der Waals surface area contributed by atoms with Crippen molar-refractivity contribution in [3.8, 4) is 0 Å². The monoisotopic (exact) mass is 300 g/mol. The maximum Gasteiger partial charge on any atom is 0.191 e. The average Bonchev–Trinajstić information content (AvgIpc) is 2.90. The van der Waals surface area contributed by atoms with Gasteiger partial charge in [0.2, 0.25) is 0 Å². The van der Waals surface area contributed by atoms with E-state index in [0.717, 1.165) is 0 Å². The highest BCUT2D eigenvalue weighted by Gasteiger charge is 2.59. The van der Waals surface area contributed by atoms with Crippen molar-refractivity contribution in [3.05, 3.63) is 12.3 Å². The number of rotatable bonds is 3. The molecule has 0 unspecified atom stereocenters. The zero-order valence-electron chi connectivity index (χ0n) is 13.3. The molecule has 21 heavy (non-hydrogen) atoms. The Kier molecular flexibility index (Phi) is 3.58. The van der Waals surface area contributed by atoms with Gasteiger partial charge in [-0.25, -0.2) is 0 Å². The van der Waals surface area contributed by atoms with Gasteiger partial charge in [0.1, 0.15) is 12.2 Å². The molecule has 6 nitrogen and oxygen atoms in total. The van der Waals surface area contributed by atoms with Crippen LogP contribution in [-0.2, 0) is 28.4 Å². The molecule has 3 fully saturated rings. The molecule has 5 atom stereocenters. The zero-order chi connectivity index (χ0) is 15.4. The second kappa shape index (κ2) is 4.93. The first-order chi connectivity index (χ1) is 9.67. The standard InChI is InChI=1S/C15H24O6/c1-8(2)17-11-10(9-7-16-14(3,4)19-9)18-13-12(11)20-15(5,6)21-13/h9-13H,1,7H2,2-6H3/t9-,10-,11+,12-,13-/m1/s1. The summed E-state index contributed by atoms with van der Waals surface area (Å²) in [6.45, 7) is 13.6. The topological polar surface area (TPSA) is 55.4 Å². The minimum Gasteiger partial charge on any atom is -0.490 e. The van der Waals surface area contributed by atoms with Gasteiger partial charge in [-0.05, 0) is 34.6 Å². The summed E-state index contributed by atoms with van der Waals surface area (Å²) in [5, 5.41) is 0. The molecule has 0 spiro atoms. The van der Waals surface area contributed by atoms with Crippen LogP contribution in [0.25, 0.3) is 0 Å². The molecule has 0 bridgehead atoms. The van der Waals surface area contributed by atoms with Gasteiger partial charge in [-0.2, -0.15) is 0 Å². The molecule has 0 aromatic heterocycles. The van der Waals surface area contributed by atoms with E-state index in [-0.39, 0.29) is 24.4 Å². The van der Waals surface area contributed by atoms with E-state index in [9.17, 15) is 0 Å². The molecule has 3 aliphatic heterocycles. The third kappa shape index (κ3) is 2.96. The number of hydrogen-bond acceptors (Lipinski definition) is 6. The summed E-state index contributed by atoms with van der Waals surface area (Å²) in [5.41, 5.74) is 0. The second-order valence-corrected chi connectivity index (χ2v) is 6.72. The predicted molar refractivity (Wildman–Crippen MR) is 73.3 cm³/mol. The quantitative estimate of drug-likeness (QED) is 0.742. The Morgan fingerprint density at radius 3 is 2.33 bits per heavy atom. The SMILES string of the molecule is C=C(C)O[C@@H]1[C@H]2OC(C)(C)O[C@H]2O[C@@H]1[C@H]1COC(C)(C)O1. The number of hydrogen-bond donors (Lipinski definition) is 0. The highest BCUT2D eigenvalue weighted by molar-refractivity contribution is 5.00. The summed E-state index contributed by atoms with van der Waals surface area (Å²) in [4.78, 5) is 0. The third-order valence-electron chi connectivity index (χ3n) is 3.76. The molecule has 0 saturated carbocycles. The van der Waals surface area contributed by atoms with Crippen LogP contribution in [0.15, 0.2) is 12.3 Å². The Balaban J connectivity index is 1.77. The highest BCUT2D eigenvalue weighted by atomic mass is 16.8. The summed E-state index contributed by atoms with van der Waals surface area (Å²) in [6.07, 6.45) is -1.60. The Hall–Kier alpha value is -0.660. The van der Waals surface area contributed by atoms with Crippen LogP contribution in [-0.4, -0.2) is 48.9 Å². The first kappa shape index (κ1) is 15.2. The van der Waals surface area contributed by atoms with Crippen molar-refractivity contribution < 1.29 is 28.4 Å². The van der Waals surface area contributed by atoms with E-state index in [2.05, 4.69) is 6.58 Å². The van der Waals surface area contributed by atoms with Gasteiger partial charge in [0.25, 0.3) is 0 Å². The summed E-state index contributed by atoms with van der Waals surface area (Å²) >= 11 is 0. The van der Waals surface area contributed by atoms with Crippen LogP contribution in [0.2, 0.25) is 0 Å². The fourth-order valence-corrected chi connectivity index (χ4v) is 3.05. The van der Waals surface area contributed by atoms with Crippen LogP contribution < -0.4 is 0 Å². The van der Waals surface area contributed by atoms with Gasteiger partial charge in [0.05, 0.1) is 12.4 Å². The molecule has 0 aromatic rings. The van der Waals surface area contributed by atoms with E-state index in [1.807, 2.05) is 27.7 Å². The fourth-order valence-electron chi connectivity index (χ4n) is 3.05. The van der Waals surface area contributed by atoms with Gasteiger partial charge in [0, 0.05) is 0 Å². The molecule has 0 N–H and O–H groups in total. The smallest absolute Gasteiger partial charge is 0.191 e. The minimum atomic E-state index is -0.677. The molecular weight excluding hydrogens is 276 g/mol. The van der Waals surface area contributed by atoms with Crippen molar-refractivity contribution in [2.24, 2.45) is 0 Å². The number of fused-ring (bicyclic) bond motifs is 1. The van der Waals surface area contributed by atoms with Crippen molar-refractivity contribution in [2.75, 3.05) is 6.61 Å². The Morgan fingerprint density at radius 1 is 1.05 bits per heavy atom. The Labute approximate surface area is 125 Å². The number of allylic oxidation sites excluding steroid dienone is 1. The van der Waals surface area contributed by atoms with Gasteiger partial charge < -0.3 is 28.4 Å². The normalized spacial score (nSPS) is 43.8. The molecule has 0 radical (unpaired) electrons. The van der Waals surface area contributed by atoms with E-state index in [4.69, 9.17) is 28.4 Å². The van der Waals surface area contributed by atoms with Gasteiger partial charge in [0.15, 0.2) is 30.1 Å². The van der Waals surface area contributed by atoms with Crippen molar-refractivity contribution in [3.63, 3.8) is 0 Å². The van der Waals surface area contributed by atoms with Crippen LogP contribution in [0.1, 0.15) is 34.6 Å². The van der Waals surface area contributed by atoms with E-state index in [1.165, 1.54) is 0 Å². The van der Waals surface area contributed by atoms with Crippen molar-refractivity contribution in [2.45, 2.75) is 76.9 Å². The van der Waals surface area contributed by atoms with Crippen molar-refractivity contribution in [1.82, 2.24) is 0 Å². The second-order valence-electron chi connectivity index (χ2n) is 6.72. The summed E-state index contributed by atoms with van der Waals surface area (Å²) < 4.78 is 35.1. The fraction of sp³-hybridized carbons (Fsp3) is 0.867. The molecule has 120 valence electrons.